The lowest BCUT2D eigenvalue weighted by molar-refractivity contribution is -0.393. The van der Waals surface area contributed by atoms with Crippen LogP contribution in [0.25, 0.3) is 0 Å². The highest BCUT2D eigenvalue weighted by Crippen LogP contribution is 2.32. The smallest absolute Gasteiger partial charge is 0.299 e. The summed E-state index contributed by atoms with van der Waals surface area (Å²) in [6.45, 7) is 0.340. The van der Waals surface area contributed by atoms with Gasteiger partial charge in [0.25, 0.3) is 17.3 Å². The number of carbonyl (C=O) groups excluding carboxylic acids is 1. The van der Waals surface area contributed by atoms with Crippen LogP contribution < -0.4 is 10.2 Å². The summed E-state index contributed by atoms with van der Waals surface area (Å²) in [6.07, 6.45) is 0. The topological polar surface area (TPSA) is 119 Å². The van der Waals surface area contributed by atoms with E-state index in [2.05, 4.69) is 5.32 Å². The van der Waals surface area contributed by atoms with Crippen LogP contribution in [0.15, 0.2) is 42.5 Å². The van der Waals surface area contributed by atoms with Gasteiger partial charge in [-0.05, 0) is 23.8 Å². The van der Waals surface area contributed by atoms with Crippen LogP contribution in [0, 0.1) is 20.2 Å². The minimum atomic E-state index is -0.672. The van der Waals surface area contributed by atoms with Crippen LogP contribution in [0.2, 0.25) is 0 Å². The van der Waals surface area contributed by atoms with Gasteiger partial charge < -0.3 is 10.2 Å². The number of rotatable bonds is 6. The molecule has 9 nitrogen and oxygen atoms in total. The average Bonchev–Trinajstić information content (AvgIpc) is 2.60. The van der Waals surface area contributed by atoms with Crippen LogP contribution in [-0.2, 0) is 6.54 Å². The molecule has 0 saturated carbocycles. The van der Waals surface area contributed by atoms with Crippen LogP contribution >= 0.6 is 0 Å². The number of hydrogen-bond acceptors (Lipinski definition) is 6. The van der Waals surface area contributed by atoms with Crippen molar-refractivity contribution < 1.29 is 14.6 Å². The minimum Gasteiger partial charge on any atom is -0.365 e. The predicted molar refractivity (Wildman–Crippen MR) is 91.7 cm³/mol. The number of non-ortho nitro benzene ring substituents is 1. The lowest BCUT2D eigenvalue weighted by Gasteiger charge is -2.19. The maximum Gasteiger partial charge on any atom is 0.299 e. The molecule has 0 atom stereocenters. The van der Waals surface area contributed by atoms with Crippen molar-refractivity contribution >= 4 is 23.0 Å². The molecule has 0 bridgehead atoms. The fourth-order valence-corrected chi connectivity index (χ4v) is 2.36. The first-order valence-corrected chi connectivity index (χ1v) is 7.28. The maximum absolute atomic E-state index is 11.5. The van der Waals surface area contributed by atoms with E-state index in [-0.39, 0.29) is 23.0 Å². The summed E-state index contributed by atoms with van der Waals surface area (Å²) in [5.41, 5.74) is 0.946. The quantitative estimate of drug-likeness (QED) is 0.635. The molecule has 2 aromatic carbocycles. The van der Waals surface area contributed by atoms with Gasteiger partial charge in [-0.15, -0.1) is 0 Å². The van der Waals surface area contributed by atoms with Crippen LogP contribution in [-0.4, -0.2) is 29.8 Å². The summed E-state index contributed by atoms with van der Waals surface area (Å²) in [7, 11) is 3.19. The number of carbonyl (C=O) groups is 1. The lowest BCUT2D eigenvalue weighted by Crippen LogP contribution is -2.19. The van der Waals surface area contributed by atoms with Crippen LogP contribution in [0.3, 0.4) is 0 Å². The highest BCUT2D eigenvalue weighted by molar-refractivity contribution is 5.93. The number of nitrogens with one attached hydrogen (secondary N) is 1. The third kappa shape index (κ3) is 4.08. The van der Waals surface area contributed by atoms with Crippen molar-refractivity contribution in [3.63, 3.8) is 0 Å². The summed E-state index contributed by atoms with van der Waals surface area (Å²) in [5, 5.41) is 24.5. The molecule has 25 heavy (non-hydrogen) atoms. The Morgan fingerprint density at radius 1 is 1.08 bits per heavy atom. The van der Waals surface area contributed by atoms with E-state index in [9.17, 15) is 25.0 Å². The van der Waals surface area contributed by atoms with E-state index in [0.717, 1.165) is 11.6 Å². The molecule has 0 fully saturated rings. The zero-order valence-corrected chi connectivity index (χ0v) is 13.6. The first kappa shape index (κ1) is 17.9. The van der Waals surface area contributed by atoms with Crippen molar-refractivity contribution in [1.82, 2.24) is 5.32 Å². The second-order valence-corrected chi connectivity index (χ2v) is 5.32. The summed E-state index contributed by atoms with van der Waals surface area (Å²) in [4.78, 5) is 33.8. The molecule has 0 spiro atoms. The van der Waals surface area contributed by atoms with Crippen molar-refractivity contribution in [3.05, 3.63) is 73.8 Å². The molecule has 0 aliphatic carbocycles. The molecular formula is C16H16N4O5. The number of amides is 1. The first-order chi connectivity index (χ1) is 11.8. The van der Waals surface area contributed by atoms with E-state index in [4.69, 9.17) is 0 Å². The molecule has 0 aromatic heterocycles. The van der Waals surface area contributed by atoms with Gasteiger partial charge in [-0.25, -0.2) is 0 Å². The van der Waals surface area contributed by atoms with Crippen LogP contribution in [0.1, 0.15) is 15.9 Å². The first-order valence-electron chi connectivity index (χ1n) is 7.28. The summed E-state index contributed by atoms with van der Waals surface area (Å²) < 4.78 is 0. The van der Waals surface area contributed by atoms with E-state index < -0.39 is 9.85 Å². The zero-order chi connectivity index (χ0) is 18.6. The van der Waals surface area contributed by atoms with Crippen molar-refractivity contribution in [3.8, 4) is 0 Å². The van der Waals surface area contributed by atoms with E-state index in [1.165, 1.54) is 19.2 Å². The average molecular weight is 344 g/mol. The van der Waals surface area contributed by atoms with Gasteiger partial charge in [-0.1, -0.05) is 12.1 Å². The maximum atomic E-state index is 11.5. The molecule has 2 rings (SSSR count). The minimum absolute atomic E-state index is 0.203. The fourth-order valence-electron chi connectivity index (χ4n) is 2.36. The van der Waals surface area contributed by atoms with Crippen molar-refractivity contribution in [2.24, 2.45) is 0 Å². The molecule has 1 N–H and O–H groups in total. The molecule has 9 heteroatoms. The molecule has 130 valence electrons. The number of anilines is 1. The van der Waals surface area contributed by atoms with Crippen molar-refractivity contribution in [1.29, 1.82) is 0 Å². The van der Waals surface area contributed by atoms with E-state index in [1.54, 1.807) is 36.2 Å². The van der Waals surface area contributed by atoms with Crippen molar-refractivity contribution in [2.75, 3.05) is 19.0 Å². The lowest BCUT2D eigenvalue weighted by atomic mass is 10.1. The molecule has 0 radical (unpaired) electrons. The molecule has 0 unspecified atom stereocenters. The third-order valence-electron chi connectivity index (χ3n) is 3.64. The Bertz CT molecular complexity index is 820. The van der Waals surface area contributed by atoms with Gasteiger partial charge in [-0.3, -0.25) is 25.0 Å². The van der Waals surface area contributed by atoms with Gasteiger partial charge in [0.2, 0.25) is 0 Å². The number of nitrogens with zero attached hydrogens (tertiary/aromatic N) is 3. The van der Waals surface area contributed by atoms with Crippen LogP contribution in [0.5, 0.6) is 0 Å². The Balaban J connectivity index is 2.25. The Morgan fingerprint density at radius 3 is 2.24 bits per heavy atom. The molecule has 0 saturated heterocycles. The molecule has 0 heterocycles. The Morgan fingerprint density at radius 2 is 1.72 bits per heavy atom. The van der Waals surface area contributed by atoms with E-state index in [0.29, 0.717) is 12.1 Å². The number of hydrogen-bond donors (Lipinski definition) is 1. The molecule has 0 aliphatic rings. The van der Waals surface area contributed by atoms with Gasteiger partial charge in [0.15, 0.2) is 0 Å². The summed E-state index contributed by atoms with van der Waals surface area (Å²) >= 11 is 0. The van der Waals surface area contributed by atoms with E-state index in [1.807, 2.05) is 0 Å². The normalized spacial score (nSPS) is 10.2. The highest BCUT2D eigenvalue weighted by atomic mass is 16.6. The van der Waals surface area contributed by atoms with Gasteiger partial charge >= 0.3 is 0 Å². The van der Waals surface area contributed by atoms with E-state index >= 15 is 0 Å². The molecule has 2 aromatic rings. The second kappa shape index (κ2) is 7.39. The summed E-state index contributed by atoms with van der Waals surface area (Å²) in [6, 6.07) is 10.3. The predicted octanol–water partition coefficient (Wildman–Crippen LogP) is 2.50. The highest BCUT2D eigenvalue weighted by Gasteiger charge is 2.22. The molecular weight excluding hydrogens is 328 g/mol. The standard InChI is InChI=1S/C16H16N4O5/c1-17-16(21)12-5-3-11(4-6-12)10-18(2)14-8-7-13(19(22)23)9-15(14)20(24)25/h3-9H,10H2,1-2H3,(H,17,21). The van der Waals surface area contributed by atoms with Gasteiger partial charge in [0.1, 0.15) is 5.69 Å². The van der Waals surface area contributed by atoms with Gasteiger partial charge in [-0.2, -0.15) is 0 Å². The SMILES string of the molecule is CNC(=O)c1ccc(CN(C)c2ccc([N+](=O)[O-])cc2[N+](=O)[O-])cc1. The van der Waals surface area contributed by atoms with Crippen molar-refractivity contribution in [2.45, 2.75) is 6.54 Å². The third-order valence-corrected chi connectivity index (χ3v) is 3.64. The summed E-state index contributed by atoms with van der Waals surface area (Å²) in [5.74, 6) is -0.203. The largest absolute Gasteiger partial charge is 0.365 e. The number of nitro groups is 2. The monoisotopic (exact) mass is 344 g/mol. The molecule has 0 aliphatic heterocycles. The van der Waals surface area contributed by atoms with Crippen LogP contribution in [0.4, 0.5) is 17.1 Å². The molecule has 1 amide bonds. The number of benzene rings is 2. The zero-order valence-electron chi connectivity index (χ0n) is 13.6. The van der Waals surface area contributed by atoms with Gasteiger partial charge in [0.05, 0.1) is 15.9 Å². The Labute approximate surface area is 143 Å². The van der Waals surface area contributed by atoms with Gasteiger partial charge in [0, 0.05) is 32.3 Å². The Hall–Kier alpha value is -3.49. The second-order valence-electron chi connectivity index (χ2n) is 5.32. The Kier molecular flexibility index (Phi) is 5.28. The number of nitro benzene ring substituents is 2. The fraction of sp³-hybridized carbons (Fsp3) is 0.188.